The van der Waals surface area contributed by atoms with E-state index >= 15 is 0 Å². The largest absolute Gasteiger partial charge is 0.481 e. The minimum Gasteiger partial charge on any atom is -0.481 e. The maximum absolute atomic E-state index is 11.5. The van der Waals surface area contributed by atoms with Crippen LogP contribution in [0, 0.1) is 0 Å². The summed E-state index contributed by atoms with van der Waals surface area (Å²) in [6.45, 7) is 1.68. The number of carbonyl (C=O) groups excluding carboxylic acids is 2. The van der Waals surface area contributed by atoms with Gasteiger partial charge in [0.05, 0.1) is 12.3 Å². The molecule has 0 unspecified atom stereocenters. The lowest BCUT2D eigenvalue weighted by Gasteiger charge is -2.03. The van der Waals surface area contributed by atoms with Gasteiger partial charge in [-0.15, -0.1) is 5.10 Å². The Hall–Kier alpha value is -2.45. The molecule has 0 bridgehead atoms. The molecule has 0 saturated heterocycles. The number of hydrogen-bond donors (Lipinski definition) is 2. The van der Waals surface area contributed by atoms with Gasteiger partial charge in [-0.1, -0.05) is 5.21 Å². The fourth-order valence-electron chi connectivity index (χ4n) is 1.58. The van der Waals surface area contributed by atoms with Crippen LogP contribution < -0.4 is 5.32 Å². The Morgan fingerprint density at radius 3 is 2.81 bits per heavy atom. The number of imide groups is 1. The number of rotatable bonds is 8. The van der Waals surface area contributed by atoms with Gasteiger partial charge in [-0.2, -0.15) is 0 Å². The molecule has 9 nitrogen and oxygen atoms in total. The topological polar surface area (TPSA) is 123 Å². The summed E-state index contributed by atoms with van der Waals surface area (Å²) < 4.78 is 5.88. The van der Waals surface area contributed by atoms with Crippen LogP contribution in [0.2, 0.25) is 0 Å². The molecule has 0 spiro atoms. The fourth-order valence-corrected chi connectivity index (χ4v) is 1.58. The van der Waals surface area contributed by atoms with Crippen molar-refractivity contribution in [3.8, 4) is 0 Å². The zero-order valence-electron chi connectivity index (χ0n) is 11.7. The van der Waals surface area contributed by atoms with Crippen LogP contribution >= 0.6 is 0 Å². The van der Waals surface area contributed by atoms with Crippen LogP contribution in [-0.2, 0) is 27.3 Å². The molecule has 1 aromatic heterocycles. The first kappa shape index (κ1) is 16.6. The van der Waals surface area contributed by atoms with Crippen molar-refractivity contribution in [2.75, 3.05) is 6.61 Å². The molecule has 1 aromatic rings. The van der Waals surface area contributed by atoms with Gasteiger partial charge in [0.15, 0.2) is 0 Å². The number of unbranched alkanes of at least 4 members (excludes halogenated alkanes) is 1. The minimum absolute atomic E-state index is 0.121. The van der Waals surface area contributed by atoms with E-state index in [9.17, 15) is 14.4 Å². The van der Waals surface area contributed by atoms with Crippen LogP contribution in [0.5, 0.6) is 0 Å². The number of alkyl carbamates (subject to hydrolysis) is 1. The van der Waals surface area contributed by atoms with Gasteiger partial charge in [0.2, 0.25) is 0 Å². The van der Waals surface area contributed by atoms with Gasteiger partial charge in [0, 0.05) is 12.6 Å². The molecule has 2 amide bonds. The van der Waals surface area contributed by atoms with Crippen LogP contribution in [0.25, 0.3) is 0 Å². The van der Waals surface area contributed by atoms with E-state index in [1.165, 1.54) is 4.68 Å². The molecule has 1 heterocycles. The van der Waals surface area contributed by atoms with E-state index in [1.54, 1.807) is 13.1 Å². The van der Waals surface area contributed by atoms with E-state index in [2.05, 4.69) is 15.0 Å². The second-order valence-corrected chi connectivity index (χ2v) is 4.28. The Labute approximate surface area is 121 Å². The molecule has 9 heteroatoms. The number of aryl methyl sites for hydroxylation is 1. The maximum atomic E-state index is 11.5. The van der Waals surface area contributed by atoms with E-state index in [1.807, 2.05) is 5.32 Å². The van der Waals surface area contributed by atoms with Crippen LogP contribution in [0.3, 0.4) is 0 Å². The van der Waals surface area contributed by atoms with Gasteiger partial charge < -0.3 is 9.84 Å². The van der Waals surface area contributed by atoms with E-state index in [4.69, 9.17) is 5.11 Å². The Bertz CT molecular complexity index is 500. The first-order valence-electron chi connectivity index (χ1n) is 6.58. The van der Waals surface area contributed by atoms with Crippen molar-refractivity contribution in [1.82, 2.24) is 20.3 Å². The highest BCUT2D eigenvalue weighted by molar-refractivity contribution is 5.91. The molecule has 2 N–H and O–H groups in total. The Morgan fingerprint density at radius 2 is 2.14 bits per heavy atom. The zero-order valence-corrected chi connectivity index (χ0v) is 11.7. The highest BCUT2D eigenvalue weighted by atomic mass is 16.5. The lowest BCUT2D eigenvalue weighted by atomic mass is 10.1. The van der Waals surface area contributed by atoms with Crippen molar-refractivity contribution >= 4 is 18.0 Å². The van der Waals surface area contributed by atoms with Gasteiger partial charge in [-0.3, -0.25) is 14.9 Å². The predicted octanol–water partition coefficient (Wildman–Crippen LogP) is 0.348. The highest BCUT2D eigenvalue weighted by Crippen LogP contribution is 2.03. The predicted molar refractivity (Wildman–Crippen MR) is 70.4 cm³/mol. The molecular weight excluding hydrogens is 280 g/mol. The number of aromatic nitrogens is 3. The van der Waals surface area contributed by atoms with Gasteiger partial charge in [0.1, 0.15) is 6.54 Å². The van der Waals surface area contributed by atoms with E-state index < -0.39 is 18.0 Å². The molecule has 0 aliphatic rings. The average Bonchev–Trinajstić information content (AvgIpc) is 2.82. The number of carbonyl (C=O) groups is 3. The van der Waals surface area contributed by atoms with Gasteiger partial charge in [-0.05, 0) is 26.2 Å². The highest BCUT2D eigenvalue weighted by Gasteiger charge is 2.10. The number of nitrogens with zero attached hydrogens (tertiary/aromatic N) is 3. The van der Waals surface area contributed by atoms with Crippen molar-refractivity contribution in [3.05, 3.63) is 11.9 Å². The quantitative estimate of drug-likeness (QED) is 0.663. The normalized spacial score (nSPS) is 10.1. The molecule has 21 heavy (non-hydrogen) atoms. The summed E-state index contributed by atoms with van der Waals surface area (Å²) >= 11 is 0. The summed E-state index contributed by atoms with van der Waals surface area (Å²) in [7, 11) is 0. The smallest absolute Gasteiger partial charge is 0.413 e. The van der Waals surface area contributed by atoms with Crippen LogP contribution in [-0.4, -0.2) is 44.7 Å². The summed E-state index contributed by atoms with van der Waals surface area (Å²) in [5.41, 5.74) is 0.671. The van der Waals surface area contributed by atoms with E-state index in [0.717, 1.165) is 0 Å². The SMILES string of the molecule is CCOC(=O)NC(=O)Cn1cc(CCCCC(=O)O)nn1. The number of amides is 2. The molecule has 0 saturated carbocycles. The third-order valence-corrected chi connectivity index (χ3v) is 2.48. The summed E-state index contributed by atoms with van der Waals surface area (Å²) in [4.78, 5) is 32.9. The number of carboxylic acids is 1. The third kappa shape index (κ3) is 7.04. The number of aliphatic carboxylic acids is 1. The van der Waals surface area contributed by atoms with Gasteiger partial charge in [0.25, 0.3) is 5.91 Å². The summed E-state index contributed by atoms with van der Waals surface area (Å²) in [5, 5.41) is 18.2. The average molecular weight is 298 g/mol. The lowest BCUT2D eigenvalue weighted by molar-refractivity contribution is -0.137. The lowest BCUT2D eigenvalue weighted by Crippen LogP contribution is -2.33. The molecule has 116 valence electrons. The molecule has 0 fully saturated rings. The number of hydrogen-bond acceptors (Lipinski definition) is 6. The van der Waals surface area contributed by atoms with Crippen molar-refractivity contribution in [3.63, 3.8) is 0 Å². The fraction of sp³-hybridized carbons (Fsp3) is 0.583. The minimum atomic E-state index is -0.825. The van der Waals surface area contributed by atoms with Gasteiger partial charge in [-0.25, -0.2) is 9.48 Å². The van der Waals surface area contributed by atoms with Crippen LogP contribution in [0.15, 0.2) is 6.20 Å². The third-order valence-electron chi connectivity index (χ3n) is 2.48. The second-order valence-electron chi connectivity index (χ2n) is 4.28. The number of carboxylic acid groups (broad SMARTS) is 1. The molecule has 0 radical (unpaired) electrons. The first-order valence-corrected chi connectivity index (χ1v) is 6.58. The Morgan fingerprint density at radius 1 is 1.38 bits per heavy atom. The van der Waals surface area contributed by atoms with Crippen LogP contribution in [0.4, 0.5) is 4.79 Å². The number of ether oxygens (including phenoxy) is 1. The molecule has 0 atom stereocenters. The summed E-state index contributed by atoms with van der Waals surface area (Å²) in [6, 6.07) is 0. The van der Waals surface area contributed by atoms with Crippen LogP contribution in [0.1, 0.15) is 31.9 Å². The summed E-state index contributed by atoms with van der Waals surface area (Å²) in [5.74, 6) is -1.37. The summed E-state index contributed by atoms with van der Waals surface area (Å²) in [6.07, 6.45) is 2.75. The second kappa shape index (κ2) is 8.67. The van der Waals surface area contributed by atoms with E-state index in [0.29, 0.717) is 25.0 Å². The monoisotopic (exact) mass is 298 g/mol. The first-order chi connectivity index (χ1) is 10.0. The Kier molecular flexibility index (Phi) is 6.85. The maximum Gasteiger partial charge on any atom is 0.413 e. The zero-order chi connectivity index (χ0) is 15.7. The van der Waals surface area contributed by atoms with Gasteiger partial charge >= 0.3 is 12.1 Å². The number of nitrogens with one attached hydrogen (secondary N) is 1. The molecular formula is C12H18N4O5. The molecule has 1 rings (SSSR count). The van der Waals surface area contributed by atoms with Crippen molar-refractivity contribution in [2.45, 2.75) is 39.2 Å². The van der Waals surface area contributed by atoms with Crippen molar-refractivity contribution in [1.29, 1.82) is 0 Å². The van der Waals surface area contributed by atoms with E-state index in [-0.39, 0.29) is 19.6 Å². The standard InChI is InChI=1S/C12H18N4O5/c1-2-21-12(20)13-10(17)8-16-7-9(14-15-16)5-3-4-6-11(18)19/h7H,2-6,8H2,1H3,(H,18,19)(H,13,17,20). The van der Waals surface area contributed by atoms with Crippen molar-refractivity contribution in [2.24, 2.45) is 0 Å². The van der Waals surface area contributed by atoms with Crippen molar-refractivity contribution < 1.29 is 24.2 Å². The molecule has 0 aliphatic heterocycles. The molecule has 0 aromatic carbocycles. The Balaban J connectivity index is 2.32. The molecule has 0 aliphatic carbocycles.